The summed E-state index contributed by atoms with van der Waals surface area (Å²) in [6, 6.07) is 19.3. The number of ether oxygens (including phenoxy) is 2. The van der Waals surface area contributed by atoms with Gasteiger partial charge in [-0.1, -0.05) is 48.9 Å². The number of amides is 2. The van der Waals surface area contributed by atoms with Crippen molar-refractivity contribution < 1.29 is 27.5 Å². The molecule has 0 aliphatic heterocycles. The zero-order chi connectivity index (χ0) is 30.2. The Morgan fingerprint density at radius 1 is 0.927 bits per heavy atom. The predicted octanol–water partition coefficient (Wildman–Crippen LogP) is 4.54. The number of sulfonamides is 1. The van der Waals surface area contributed by atoms with E-state index < -0.39 is 28.5 Å². The van der Waals surface area contributed by atoms with Gasteiger partial charge in [0.15, 0.2) is 0 Å². The molecule has 0 radical (unpaired) electrons. The van der Waals surface area contributed by atoms with Gasteiger partial charge < -0.3 is 19.7 Å². The minimum Gasteiger partial charge on any atom is -0.497 e. The molecule has 220 valence electrons. The molecule has 0 spiro atoms. The van der Waals surface area contributed by atoms with Gasteiger partial charge in [0.25, 0.3) is 10.0 Å². The van der Waals surface area contributed by atoms with Crippen LogP contribution >= 0.6 is 0 Å². The molecule has 1 unspecified atom stereocenters. The van der Waals surface area contributed by atoms with Crippen LogP contribution in [0.4, 0.5) is 5.69 Å². The van der Waals surface area contributed by atoms with Crippen molar-refractivity contribution in [1.82, 2.24) is 10.2 Å². The number of carbonyl (C=O) groups is 2. The van der Waals surface area contributed by atoms with Crippen LogP contribution < -0.4 is 19.1 Å². The Hall–Kier alpha value is -4.05. The van der Waals surface area contributed by atoms with Gasteiger partial charge in [-0.05, 0) is 69.2 Å². The van der Waals surface area contributed by atoms with Crippen molar-refractivity contribution in [2.24, 2.45) is 0 Å². The molecule has 2 amide bonds. The van der Waals surface area contributed by atoms with Gasteiger partial charge in [0, 0.05) is 12.6 Å². The highest BCUT2D eigenvalue weighted by molar-refractivity contribution is 7.92. The molecule has 10 heteroatoms. The molecule has 0 saturated heterocycles. The zero-order valence-corrected chi connectivity index (χ0v) is 25.3. The first-order valence-electron chi connectivity index (χ1n) is 13.5. The number of carbonyl (C=O) groups excluding carboxylic acids is 2. The van der Waals surface area contributed by atoms with Crippen LogP contribution in [0.1, 0.15) is 38.3 Å². The number of para-hydroxylation sites is 2. The summed E-state index contributed by atoms with van der Waals surface area (Å²) < 4.78 is 39.9. The highest BCUT2D eigenvalue weighted by Gasteiger charge is 2.34. The van der Waals surface area contributed by atoms with Crippen molar-refractivity contribution in [2.45, 2.75) is 57.6 Å². The minimum absolute atomic E-state index is 0.0331. The molecule has 1 atom stereocenters. The number of anilines is 1. The van der Waals surface area contributed by atoms with Crippen LogP contribution in [0.25, 0.3) is 0 Å². The summed E-state index contributed by atoms with van der Waals surface area (Å²) in [4.78, 5) is 28.9. The summed E-state index contributed by atoms with van der Waals surface area (Å²) in [6.07, 6.45) is 0.327. The lowest BCUT2D eigenvalue weighted by molar-refractivity contribution is -0.140. The van der Waals surface area contributed by atoms with Crippen molar-refractivity contribution >= 4 is 27.5 Å². The van der Waals surface area contributed by atoms with E-state index in [1.807, 2.05) is 33.8 Å². The van der Waals surface area contributed by atoms with Crippen molar-refractivity contribution in [3.63, 3.8) is 0 Å². The summed E-state index contributed by atoms with van der Waals surface area (Å²) in [7, 11) is -1.21. The number of benzene rings is 3. The van der Waals surface area contributed by atoms with E-state index in [2.05, 4.69) is 5.32 Å². The molecule has 3 rings (SSSR count). The van der Waals surface area contributed by atoms with E-state index in [1.54, 1.807) is 61.7 Å². The Morgan fingerprint density at radius 3 is 2.22 bits per heavy atom. The summed E-state index contributed by atoms with van der Waals surface area (Å²) >= 11 is 0. The second-order valence-corrected chi connectivity index (χ2v) is 11.8. The second-order valence-electron chi connectivity index (χ2n) is 9.96. The molecule has 0 heterocycles. The number of hydrogen-bond acceptors (Lipinski definition) is 6. The molecule has 0 saturated carbocycles. The van der Waals surface area contributed by atoms with Crippen molar-refractivity contribution in [3.8, 4) is 11.5 Å². The molecular formula is C31H39N3O6S. The summed E-state index contributed by atoms with van der Waals surface area (Å²) in [6.45, 7) is 6.89. The molecule has 0 fully saturated rings. The van der Waals surface area contributed by atoms with Crippen LogP contribution in [-0.2, 0) is 26.2 Å². The Labute approximate surface area is 243 Å². The maximum atomic E-state index is 14.2. The lowest BCUT2D eigenvalue weighted by atomic mass is 10.1. The number of methoxy groups -OCH3 is 2. The number of nitrogens with one attached hydrogen (secondary N) is 1. The molecule has 0 aliphatic carbocycles. The number of hydrogen-bond donors (Lipinski definition) is 1. The van der Waals surface area contributed by atoms with E-state index >= 15 is 0 Å². The monoisotopic (exact) mass is 581 g/mol. The Kier molecular flexibility index (Phi) is 10.8. The van der Waals surface area contributed by atoms with Crippen LogP contribution in [-0.4, -0.2) is 58.0 Å². The Morgan fingerprint density at radius 2 is 1.61 bits per heavy atom. The normalized spacial score (nSPS) is 12.0. The first kappa shape index (κ1) is 31.5. The standard InChI is InChI=1S/C31H39N3O6S/c1-7-27(31(36)32-22(2)3)33(20-24-11-10-12-25(19-24)39-5)30(35)21-34(28-13-8-9-14-29(28)40-6)41(37,38)26-17-15-23(4)16-18-26/h8-19,22,27H,7,20-21H2,1-6H3,(H,32,36). The van der Waals surface area contributed by atoms with E-state index in [-0.39, 0.29) is 29.1 Å². The first-order valence-corrected chi connectivity index (χ1v) is 14.9. The van der Waals surface area contributed by atoms with Gasteiger partial charge in [-0.25, -0.2) is 8.42 Å². The average Bonchev–Trinajstić information content (AvgIpc) is 2.95. The second kappa shape index (κ2) is 14.0. The van der Waals surface area contributed by atoms with Crippen LogP contribution in [0, 0.1) is 6.92 Å². The predicted molar refractivity (Wildman–Crippen MR) is 160 cm³/mol. The van der Waals surface area contributed by atoms with E-state index in [9.17, 15) is 18.0 Å². The van der Waals surface area contributed by atoms with Gasteiger partial charge in [-0.2, -0.15) is 0 Å². The fraction of sp³-hybridized carbons (Fsp3) is 0.355. The van der Waals surface area contributed by atoms with Crippen LogP contribution in [0.3, 0.4) is 0 Å². The topological polar surface area (TPSA) is 105 Å². The SMILES string of the molecule is CCC(C(=O)NC(C)C)N(Cc1cccc(OC)c1)C(=O)CN(c1ccccc1OC)S(=O)(=O)c1ccc(C)cc1. The summed E-state index contributed by atoms with van der Waals surface area (Å²) in [5.74, 6) is 0.0382. The molecule has 0 bridgehead atoms. The average molecular weight is 582 g/mol. The lowest BCUT2D eigenvalue weighted by Crippen LogP contribution is -2.53. The largest absolute Gasteiger partial charge is 0.497 e. The maximum absolute atomic E-state index is 14.2. The van der Waals surface area contributed by atoms with Crippen LogP contribution in [0.15, 0.2) is 77.7 Å². The number of rotatable bonds is 13. The quantitative estimate of drug-likeness (QED) is 0.318. The maximum Gasteiger partial charge on any atom is 0.264 e. The first-order chi connectivity index (χ1) is 19.5. The molecule has 9 nitrogen and oxygen atoms in total. The third kappa shape index (κ3) is 7.79. The van der Waals surface area contributed by atoms with Gasteiger partial charge in [0.05, 0.1) is 24.8 Å². The molecule has 1 N–H and O–H groups in total. The minimum atomic E-state index is -4.20. The molecule has 0 aliphatic rings. The third-order valence-electron chi connectivity index (χ3n) is 6.55. The Bertz CT molecular complexity index is 1440. The highest BCUT2D eigenvalue weighted by atomic mass is 32.2. The number of aryl methyl sites for hydroxylation is 1. The van der Waals surface area contributed by atoms with Crippen LogP contribution in [0.5, 0.6) is 11.5 Å². The highest BCUT2D eigenvalue weighted by Crippen LogP contribution is 2.32. The van der Waals surface area contributed by atoms with E-state index in [1.165, 1.54) is 24.1 Å². The van der Waals surface area contributed by atoms with Gasteiger partial charge in [0.2, 0.25) is 11.8 Å². The van der Waals surface area contributed by atoms with Crippen molar-refractivity contribution in [2.75, 3.05) is 25.1 Å². The van der Waals surface area contributed by atoms with Crippen molar-refractivity contribution in [1.29, 1.82) is 0 Å². The van der Waals surface area contributed by atoms with Crippen molar-refractivity contribution in [3.05, 3.63) is 83.9 Å². The smallest absolute Gasteiger partial charge is 0.264 e. The Balaban J connectivity index is 2.11. The summed E-state index contributed by atoms with van der Waals surface area (Å²) in [5.41, 5.74) is 1.85. The fourth-order valence-corrected chi connectivity index (χ4v) is 5.88. The number of nitrogens with zero attached hydrogens (tertiary/aromatic N) is 2. The van der Waals surface area contributed by atoms with E-state index in [0.717, 1.165) is 15.4 Å². The van der Waals surface area contributed by atoms with Gasteiger partial charge in [0.1, 0.15) is 24.1 Å². The fourth-order valence-electron chi connectivity index (χ4n) is 4.45. The van der Waals surface area contributed by atoms with Gasteiger partial charge in [-0.3, -0.25) is 13.9 Å². The zero-order valence-electron chi connectivity index (χ0n) is 24.5. The molecular weight excluding hydrogens is 542 g/mol. The van der Waals surface area contributed by atoms with Gasteiger partial charge >= 0.3 is 0 Å². The summed E-state index contributed by atoms with van der Waals surface area (Å²) in [5, 5.41) is 2.89. The van der Waals surface area contributed by atoms with E-state index in [4.69, 9.17) is 9.47 Å². The third-order valence-corrected chi connectivity index (χ3v) is 8.32. The van der Waals surface area contributed by atoms with Gasteiger partial charge in [-0.15, -0.1) is 0 Å². The molecule has 3 aromatic rings. The molecule has 41 heavy (non-hydrogen) atoms. The molecule has 3 aromatic carbocycles. The lowest BCUT2D eigenvalue weighted by Gasteiger charge is -2.34. The molecule has 0 aromatic heterocycles. The van der Waals surface area contributed by atoms with E-state index in [0.29, 0.717) is 17.9 Å². The van der Waals surface area contributed by atoms with Crippen LogP contribution in [0.2, 0.25) is 0 Å².